The Morgan fingerprint density at radius 3 is 2.71 bits per heavy atom. The van der Waals surface area contributed by atoms with Gasteiger partial charge in [-0.3, -0.25) is 24.1 Å². The smallest absolute Gasteiger partial charge is 0.270 e. The molecule has 1 aliphatic heterocycles. The molecule has 1 saturated carbocycles. The van der Waals surface area contributed by atoms with Crippen molar-refractivity contribution in [3.05, 3.63) is 33.4 Å². The molecule has 24 heavy (non-hydrogen) atoms. The first-order valence-electron chi connectivity index (χ1n) is 8.76. The number of aromatic nitrogens is 4. The summed E-state index contributed by atoms with van der Waals surface area (Å²) < 4.78 is 3.80. The number of amides is 1. The van der Waals surface area contributed by atoms with Crippen molar-refractivity contribution in [1.29, 1.82) is 0 Å². The Balaban J connectivity index is 1.83. The van der Waals surface area contributed by atoms with Crippen LogP contribution in [-0.4, -0.2) is 25.5 Å². The number of nitrogens with one attached hydrogen (secondary N) is 2. The summed E-state index contributed by atoms with van der Waals surface area (Å²) in [5.74, 6) is 0.402. The van der Waals surface area contributed by atoms with E-state index in [1.54, 1.807) is 6.20 Å². The lowest BCUT2D eigenvalue weighted by Gasteiger charge is -2.24. The zero-order valence-corrected chi connectivity index (χ0v) is 14.1. The number of hydrogen-bond donors (Lipinski definition) is 2. The second kappa shape index (κ2) is 5.65. The summed E-state index contributed by atoms with van der Waals surface area (Å²) in [4.78, 5) is 25.0. The van der Waals surface area contributed by atoms with Gasteiger partial charge in [0.05, 0.1) is 17.8 Å². The van der Waals surface area contributed by atoms with Crippen molar-refractivity contribution in [3.8, 4) is 0 Å². The van der Waals surface area contributed by atoms with Crippen LogP contribution in [0.3, 0.4) is 0 Å². The predicted molar refractivity (Wildman–Crippen MR) is 90.3 cm³/mol. The number of carbonyl (C=O) groups excluding carboxylic acids is 1. The second-order valence-electron chi connectivity index (χ2n) is 6.82. The Morgan fingerprint density at radius 1 is 1.29 bits per heavy atom. The highest BCUT2D eigenvalue weighted by atomic mass is 16.2. The molecule has 2 aromatic rings. The normalized spacial score (nSPS) is 21.1. The van der Waals surface area contributed by atoms with Gasteiger partial charge in [-0.1, -0.05) is 12.8 Å². The fourth-order valence-corrected chi connectivity index (χ4v) is 4.21. The van der Waals surface area contributed by atoms with E-state index in [0.717, 1.165) is 30.6 Å². The lowest BCUT2D eigenvalue weighted by Crippen LogP contribution is -2.27. The first-order valence-corrected chi connectivity index (χ1v) is 8.76. The quantitative estimate of drug-likeness (QED) is 0.906. The SMILES string of the molecule is CCn1ncc(C2CC(=O)Nc3c2c(=O)[nH]n3C2CCCC2)c1C. The zero-order valence-electron chi connectivity index (χ0n) is 14.1. The highest BCUT2D eigenvalue weighted by Gasteiger charge is 2.36. The van der Waals surface area contributed by atoms with Crippen molar-refractivity contribution >= 4 is 11.7 Å². The van der Waals surface area contributed by atoms with Crippen molar-refractivity contribution in [2.24, 2.45) is 0 Å². The molecule has 128 valence electrons. The van der Waals surface area contributed by atoms with Crippen molar-refractivity contribution in [2.75, 3.05) is 5.32 Å². The summed E-state index contributed by atoms with van der Waals surface area (Å²) in [7, 11) is 0. The van der Waals surface area contributed by atoms with Crippen LogP contribution in [0.2, 0.25) is 0 Å². The molecule has 2 aliphatic rings. The molecule has 0 aromatic carbocycles. The molecule has 7 nitrogen and oxygen atoms in total. The van der Waals surface area contributed by atoms with E-state index < -0.39 is 0 Å². The van der Waals surface area contributed by atoms with Gasteiger partial charge in [-0.15, -0.1) is 0 Å². The molecular formula is C17H23N5O2. The van der Waals surface area contributed by atoms with Crippen LogP contribution in [0.4, 0.5) is 5.82 Å². The largest absolute Gasteiger partial charge is 0.311 e. The Morgan fingerprint density at radius 2 is 2.04 bits per heavy atom. The van der Waals surface area contributed by atoms with Crippen molar-refractivity contribution < 1.29 is 4.79 Å². The third-order valence-electron chi connectivity index (χ3n) is 5.46. The van der Waals surface area contributed by atoms with Gasteiger partial charge in [0.1, 0.15) is 5.82 Å². The second-order valence-corrected chi connectivity index (χ2v) is 6.82. The van der Waals surface area contributed by atoms with Gasteiger partial charge < -0.3 is 5.32 Å². The van der Waals surface area contributed by atoms with Crippen LogP contribution in [0.25, 0.3) is 0 Å². The molecule has 1 fully saturated rings. The molecule has 2 N–H and O–H groups in total. The van der Waals surface area contributed by atoms with Crippen molar-refractivity contribution in [2.45, 2.75) is 64.5 Å². The van der Waals surface area contributed by atoms with Crippen molar-refractivity contribution in [1.82, 2.24) is 19.6 Å². The fraction of sp³-hybridized carbons (Fsp3) is 0.588. The minimum Gasteiger partial charge on any atom is -0.311 e. The molecule has 1 amide bonds. The summed E-state index contributed by atoms with van der Waals surface area (Å²) >= 11 is 0. The maximum Gasteiger partial charge on any atom is 0.270 e. The van der Waals surface area contributed by atoms with E-state index >= 15 is 0 Å². The van der Waals surface area contributed by atoms with E-state index in [-0.39, 0.29) is 23.4 Å². The van der Waals surface area contributed by atoms with E-state index in [2.05, 4.69) is 15.5 Å². The number of anilines is 1. The number of aryl methyl sites for hydroxylation is 1. The summed E-state index contributed by atoms with van der Waals surface area (Å²) in [6.45, 7) is 4.81. The predicted octanol–water partition coefficient (Wildman–Crippen LogP) is 2.29. The van der Waals surface area contributed by atoms with Gasteiger partial charge in [0.2, 0.25) is 5.91 Å². The molecule has 1 atom stereocenters. The number of aromatic amines is 1. The third kappa shape index (κ3) is 2.22. The van der Waals surface area contributed by atoms with Gasteiger partial charge in [-0.25, -0.2) is 0 Å². The molecule has 1 unspecified atom stereocenters. The van der Waals surface area contributed by atoms with E-state index in [0.29, 0.717) is 17.8 Å². The van der Waals surface area contributed by atoms with Gasteiger partial charge in [-0.05, 0) is 26.7 Å². The zero-order chi connectivity index (χ0) is 16.8. The van der Waals surface area contributed by atoms with Gasteiger partial charge in [0.15, 0.2) is 0 Å². The lowest BCUT2D eigenvalue weighted by molar-refractivity contribution is -0.116. The van der Waals surface area contributed by atoms with Crippen LogP contribution >= 0.6 is 0 Å². The Hall–Kier alpha value is -2.31. The maximum atomic E-state index is 12.7. The van der Waals surface area contributed by atoms with Crippen LogP contribution in [0.1, 0.15) is 67.8 Å². The topological polar surface area (TPSA) is 84.7 Å². The molecular weight excluding hydrogens is 306 g/mol. The highest BCUT2D eigenvalue weighted by Crippen LogP contribution is 2.39. The molecule has 1 aliphatic carbocycles. The first kappa shape index (κ1) is 15.2. The summed E-state index contributed by atoms with van der Waals surface area (Å²) in [5.41, 5.74) is 2.59. The molecule has 2 aromatic heterocycles. The van der Waals surface area contributed by atoms with E-state index in [1.165, 1.54) is 12.8 Å². The molecule has 4 rings (SSSR count). The first-order chi connectivity index (χ1) is 11.6. The summed E-state index contributed by atoms with van der Waals surface area (Å²) in [6.07, 6.45) is 6.52. The Bertz CT molecular complexity index is 838. The minimum atomic E-state index is -0.222. The number of carbonyl (C=O) groups is 1. The molecule has 0 spiro atoms. The van der Waals surface area contributed by atoms with Crippen LogP contribution < -0.4 is 10.9 Å². The van der Waals surface area contributed by atoms with Crippen LogP contribution in [0.15, 0.2) is 11.0 Å². The van der Waals surface area contributed by atoms with E-state index in [9.17, 15) is 9.59 Å². The average molecular weight is 329 g/mol. The van der Waals surface area contributed by atoms with Crippen LogP contribution in [0, 0.1) is 6.92 Å². The number of fused-ring (bicyclic) bond motifs is 1. The molecule has 0 radical (unpaired) electrons. The molecule has 0 saturated heterocycles. The van der Waals surface area contributed by atoms with E-state index in [4.69, 9.17) is 0 Å². The maximum absolute atomic E-state index is 12.7. The molecule has 7 heteroatoms. The van der Waals surface area contributed by atoms with Crippen LogP contribution in [0.5, 0.6) is 0 Å². The third-order valence-corrected chi connectivity index (χ3v) is 5.46. The fourth-order valence-electron chi connectivity index (χ4n) is 4.21. The Kier molecular flexibility index (Phi) is 3.58. The van der Waals surface area contributed by atoms with Gasteiger partial charge in [0.25, 0.3) is 5.56 Å². The Labute approximate surface area is 140 Å². The lowest BCUT2D eigenvalue weighted by atomic mass is 9.87. The van der Waals surface area contributed by atoms with Gasteiger partial charge in [0, 0.05) is 30.1 Å². The number of nitrogens with zero attached hydrogens (tertiary/aromatic N) is 3. The van der Waals surface area contributed by atoms with Crippen molar-refractivity contribution in [3.63, 3.8) is 0 Å². The monoisotopic (exact) mass is 329 g/mol. The number of H-pyrrole nitrogens is 1. The highest BCUT2D eigenvalue weighted by molar-refractivity contribution is 5.94. The molecule has 0 bridgehead atoms. The summed E-state index contributed by atoms with van der Waals surface area (Å²) in [6, 6.07) is 0.278. The van der Waals surface area contributed by atoms with Crippen LogP contribution in [-0.2, 0) is 11.3 Å². The number of hydrogen-bond acceptors (Lipinski definition) is 3. The number of rotatable bonds is 3. The van der Waals surface area contributed by atoms with E-state index in [1.807, 2.05) is 23.2 Å². The average Bonchev–Trinajstić information content (AvgIpc) is 3.26. The standard InChI is InChI=1S/C17H23N5O2/c1-3-21-10(2)13(9-18-21)12-8-14(23)19-16-15(12)17(24)20-22(16)11-6-4-5-7-11/h9,11-12H,3-8H2,1-2H3,(H,19,23)(H,20,24). The van der Waals surface area contributed by atoms with Gasteiger partial charge in [-0.2, -0.15) is 5.10 Å². The minimum absolute atomic E-state index is 0.0399. The molecule has 3 heterocycles. The summed E-state index contributed by atoms with van der Waals surface area (Å²) in [5, 5.41) is 10.3. The van der Waals surface area contributed by atoms with Gasteiger partial charge >= 0.3 is 0 Å².